The number of carbonyl (C=O) groups excluding carboxylic acids is 1. The first-order valence-corrected chi connectivity index (χ1v) is 14.1. The van der Waals surface area contributed by atoms with Crippen LogP contribution in [0.2, 0.25) is 0 Å². The molecule has 1 saturated carbocycles. The van der Waals surface area contributed by atoms with E-state index in [-0.39, 0.29) is 16.8 Å². The quantitative estimate of drug-likeness (QED) is 0.603. The molecule has 1 aliphatic carbocycles. The molecule has 8 heteroatoms. The Morgan fingerprint density at radius 3 is 2.24 bits per heavy atom. The van der Waals surface area contributed by atoms with Crippen molar-refractivity contribution in [1.29, 1.82) is 0 Å². The standard InChI is InChI=1S/C25H39N3O4S/c1-26(23-5-3-2-4-6-23)33(30,31)24-9-7-22(8-10-24)25(29)28-15-12-21(13-16-28)11-14-27-17-19-32-20-18-27/h7-10,21,23H,2-6,11-20H2,1H3. The third kappa shape index (κ3) is 6.15. The van der Waals surface area contributed by atoms with Crippen molar-refractivity contribution in [2.75, 3.05) is 53.0 Å². The normalized spacial score (nSPS) is 22.1. The monoisotopic (exact) mass is 477 g/mol. The van der Waals surface area contributed by atoms with Crippen LogP contribution in [-0.4, -0.2) is 87.5 Å². The molecule has 4 rings (SSSR count). The summed E-state index contributed by atoms with van der Waals surface area (Å²) in [7, 11) is -1.84. The Balaban J connectivity index is 1.28. The molecule has 3 fully saturated rings. The van der Waals surface area contributed by atoms with Crippen LogP contribution in [0.1, 0.15) is 61.7 Å². The molecule has 7 nitrogen and oxygen atoms in total. The number of sulfonamides is 1. The van der Waals surface area contributed by atoms with Crippen LogP contribution in [0.15, 0.2) is 29.2 Å². The van der Waals surface area contributed by atoms with Crippen LogP contribution < -0.4 is 0 Å². The molecule has 0 spiro atoms. The number of likely N-dealkylation sites (tertiary alicyclic amines) is 1. The molecule has 0 unspecified atom stereocenters. The predicted molar refractivity (Wildman–Crippen MR) is 129 cm³/mol. The van der Waals surface area contributed by atoms with Gasteiger partial charge in [-0.3, -0.25) is 9.69 Å². The van der Waals surface area contributed by atoms with E-state index >= 15 is 0 Å². The molecule has 3 aliphatic rings. The Labute approximate surface area is 199 Å². The highest BCUT2D eigenvalue weighted by molar-refractivity contribution is 7.89. The first-order valence-electron chi connectivity index (χ1n) is 12.6. The predicted octanol–water partition coefficient (Wildman–Crippen LogP) is 3.21. The van der Waals surface area contributed by atoms with Crippen molar-refractivity contribution in [3.05, 3.63) is 29.8 Å². The maximum absolute atomic E-state index is 13.0. The van der Waals surface area contributed by atoms with Crippen molar-refractivity contribution in [2.24, 2.45) is 5.92 Å². The van der Waals surface area contributed by atoms with E-state index in [1.54, 1.807) is 31.3 Å². The van der Waals surface area contributed by atoms with Gasteiger partial charge in [-0.05, 0) is 68.8 Å². The minimum atomic E-state index is -3.53. The second-order valence-corrected chi connectivity index (χ2v) is 11.8. The van der Waals surface area contributed by atoms with Gasteiger partial charge in [-0.2, -0.15) is 4.31 Å². The van der Waals surface area contributed by atoms with Crippen LogP contribution in [0.4, 0.5) is 0 Å². The van der Waals surface area contributed by atoms with Crippen molar-refractivity contribution in [3.63, 3.8) is 0 Å². The third-order valence-corrected chi connectivity index (χ3v) is 9.65. The fourth-order valence-electron chi connectivity index (χ4n) is 5.37. The Hall–Kier alpha value is -1.48. The summed E-state index contributed by atoms with van der Waals surface area (Å²) in [6.45, 7) is 6.40. The average molecular weight is 478 g/mol. The van der Waals surface area contributed by atoms with Crippen molar-refractivity contribution in [2.45, 2.75) is 62.3 Å². The lowest BCUT2D eigenvalue weighted by atomic mass is 9.93. The van der Waals surface area contributed by atoms with Crippen molar-refractivity contribution < 1.29 is 17.9 Å². The molecule has 2 saturated heterocycles. The van der Waals surface area contributed by atoms with Gasteiger partial charge < -0.3 is 9.64 Å². The van der Waals surface area contributed by atoms with Crippen LogP contribution in [0.25, 0.3) is 0 Å². The Kier molecular flexibility index (Phi) is 8.43. The van der Waals surface area contributed by atoms with E-state index in [0.717, 1.165) is 84.5 Å². The van der Waals surface area contributed by atoms with Crippen LogP contribution >= 0.6 is 0 Å². The summed E-state index contributed by atoms with van der Waals surface area (Å²) >= 11 is 0. The second-order valence-electron chi connectivity index (χ2n) is 9.82. The minimum absolute atomic E-state index is 0.00575. The number of hydrogen-bond donors (Lipinski definition) is 0. The van der Waals surface area contributed by atoms with E-state index in [9.17, 15) is 13.2 Å². The van der Waals surface area contributed by atoms with Crippen LogP contribution in [-0.2, 0) is 14.8 Å². The molecule has 2 aliphatic heterocycles. The fourth-order valence-corrected chi connectivity index (χ4v) is 6.79. The van der Waals surface area contributed by atoms with Gasteiger partial charge in [0.05, 0.1) is 18.1 Å². The Morgan fingerprint density at radius 1 is 0.970 bits per heavy atom. The fraction of sp³-hybridized carbons (Fsp3) is 0.720. The molecule has 1 aromatic carbocycles. The molecule has 1 amide bonds. The highest BCUT2D eigenvalue weighted by Crippen LogP contribution is 2.27. The molecule has 33 heavy (non-hydrogen) atoms. The van der Waals surface area contributed by atoms with E-state index in [1.165, 1.54) is 17.1 Å². The number of morpholine rings is 1. The van der Waals surface area contributed by atoms with E-state index in [1.807, 2.05) is 4.90 Å². The summed E-state index contributed by atoms with van der Waals surface area (Å²) in [5.41, 5.74) is 0.570. The third-order valence-electron chi connectivity index (χ3n) is 7.73. The summed E-state index contributed by atoms with van der Waals surface area (Å²) in [6.07, 6.45) is 8.46. The second kappa shape index (κ2) is 11.3. The maximum atomic E-state index is 13.0. The minimum Gasteiger partial charge on any atom is -0.379 e. The van der Waals surface area contributed by atoms with Gasteiger partial charge in [0, 0.05) is 44.8 Å². The zero-order valence-electron chi connectivity index (χ0n) is 20.0. The topological polar surface area (TPSA) is 70.2 Å². The molecule has 2 heterocycles. The van der Waals surface area contributed by atoms with E-state index in [4.69, 9.17) is 4.74 Å². The summed E-state index contributed by atoms with van der Waals surface area (Å²) in [5.74, 6) is 0.672. The molecular weight excluding hydrogens is 438 g/mol. The van der Waals surface area contributed by atoms with Gasteiger partial charge in [-0.15, -0.1) is 0 Å². The summed E-state index contributed by atoms with van der Waals surface area (Å²) < 4.78 is 33.0. The molecule has 0 radical (unpaired) electrons. The van der Waals surface area contributed by atoms with Gasteiger partial charge in [0.15, 0.2) is 0 Å². The highest BCUT2D eigenvalue weighted by atomic mass is 32.2. The van der Waals surface area contributed by atoms with Gasteiger partial charge in [0.1, 0.15) is 0 Å². The number of rotatable bonds is 7. The van der Waals surface area contributed by atoms with Gasteiger partial charge in [0.25, 0.3) is 5.91 Å². The lowest BCUT2D eigenvalue weighted by Crippen LogP contribution is -2.41. The molecule has 184 valence electrons. The zero-order chi connectivity index (χ0) is 23.3. The first-order chi connectivity index (χ1) is 15.9. The Morgan fingerprint density at radius 2 is 1.61 bits per heavy atom. The maximum Gasteiger partial charge on any atom is 0.253 e. The largest absolute Gasteiger partial charge is 0.379 e. The molecule has 0 bridgehead atoms. The molecule has 0 N–H and O–H groups in total. The van der Waals surface area contributed by atoms with Gasteiger partial charge in [0.2, 0.25) is 10.0 Å². The van der Waals surface area contributed by atoms with Crippen LogP contribution in [0.3, 0.4) is 0 Å². The smallest absolute Gasteiger partial charge is 0.253 e. The highest BCUT2D eigenvalue weighted by Gasteiger charge is 2.30. The van der Waals surface area contributed by atoms with Gasteiger partial charge >= 0.3 is 0 Å². The summed E-state index contributed by atoms with van der Waals surface area (Å²) in [4.78, 5) is 17.7. The zero-order valence-corrected chi connectivity index (χ0v) is 20.8. The van der Waals surface area contributed by atoms with Crippen molar-refractivity contribution in [1.82, 2.24) is 14.1 Å². The lowest BCUT2D eigenvalue weighted by Gasteiger charge is -2.34. The summed E-state index contributed by atoms with van der Waals surface area (Å²) in [6, 6.07) is 6.62. The molecule has 1 aromatic rings. The van der Waals surface area contributed by atoms with Gasteiger partial charge in [-0.25, -0.2) is 8.42 Å². The van der Waals surface area contributed by atoms with Crippen LogP contribution in [0.5, 0.6) is 0 Å². The molecule has 0 atom stereocenters. The number of amides is 1. The average Bonchev–Trinajstić information content (AvgIpc) is 2.88. The molecular formula is C25H39N3O4S. The number of ether oxygens (including phenoxy) is 1. The van der Waals surface area contributed by atoms with E-state index < -0.39 is 10.0 Å². The van der Waals surface area contributed by atoms with Gasteiger partial charge in [-0.1, -0.05) is 19.3 Å². The Bertz CT molecular complexity index is 869. The number of benzene rings is 1. The number of carbonyl (C=O) groups is 1. The van der Waals surface area contributed by atoms with Crippen LogP contribution in [0, 0.1) is 5.92 Å². The van der Waals surface area contributed by atoms with Crippen molar-refractivity contribution in [3.8, 4) is 0 Å². The first kappa shape index (κ1) is 24.6. The van der Waals surface area contributed by atoms with E-state index in [0.29, 0.717) is 11.5 Å². The SMILES string of the molecule is CN(C1CCCCC1)S(=O)(=O)c1ccc(C(=O)N2CCC(CCN3CCOCC3)CC2)cc1. The number of nitrogens with zero attached hydrogens (tertiary/aromatic N) is 3. The van der Waals surface area contributed by atoms with Crippen molar-refractivity contribution >= 4 is 15.9 Å². The van der Waals surface area contributed by atoms with E-state index in [2.05, 4.69) is 4.90 Å². The lowest BCUT2D eigenvalue weighted by molar-refractivity contribution is 0.0332. The summed E-state index contributed by atoms with van der Waals surface area (Å²) in [5, 5.41) is 0. The number of hydrogen-bond acceptors (Lipinski definition) is 5. The molecule has 0 aromatic heterocycles. The number of piperidine rings is 1.